The number of likely N-dealkylation sites (N-methyl/N-ethyl adjacent to an activating group) is 1. The predicted octanol–water partition coefficient (Wildman–Crippen LogP) is 2.77. The van der Waals surface area contributed by atoms with E-state index in [4.69, 9.17) is 4.74 Å². The molecule has 1 amide bonds. The second-order valence-corrected chi connectivity index (χ2v) is 7.34. The van der Waals surface area contributed by atoms with Crippen molar-refractivity contribution in [1.29, 1.82) is 0 Å². The Morgan fingerprint density at radius 2 is 1.70 bits per heavy atom. The van der Waals surface area contributed by atoms with Crippen LogP contribution in [0.2, 0.25) is 0 Å². The maximum Gasteiger partial charge on any atom is 0.295 e. The molecule has 2 aromatic rings. The number of Topliss-reactive ketones (excluding diaryl/α,β-unsaturated/α-hetero) is 1. The summed E-state index contributed by atoms with van der Waals surface area (Å²) in [6.07, 6.45) is 0. The Labute approximate surface area is 175 Å². The molecule has 1 aliphatic rings. The van der Waals surface area contributed by atoms with E-state index < -0.39 is 17.7 Å². The van der Waals surface area contributed by atoms with Crippen LogP contribution in [0.25, 0.3) is 5.76 Å². The summed E-state index contributed by atoms with van der Waals surface area (Å²) >= 11 is 0. The zero-order chi connectivity index (χ0) is 21.8. The van der Waals surface area contributed by atoms with Gasteiger partial charge in [-0.25, -0.2) is 0 Å². The van der Waals surface area contributed by atoms with Crippen LogP contribution in [-0.4, -0.2) is 65.5 Å². The maximum atomic E-state index is 12.9. The molecule has 0 radical (unpaired) electrons. The highest BCUT2D eigenvalue weighted by atomic mass is 16.5. The number of benzene rings is 2. The summed E-state index contributed by atoms with van der Waals surface area (Å²) in [6.45, 7) is 3.28. The molecular formula is C23H26N2O5. The number of phenolic OH excluding ortho intramolecular Hbond substituents is 1. The van der Waals surface area contributed by atoms with Crippen molar-refractivity contribution >= 4 is 17.4 Å². The van der Waals surface area contributed by atoms with Crippen LogP contribution >= 0.6 is 0 Å². The number of nitrogens with zero attached hydrogens (tertiary/aromatic N) is 2. The minimum atomic E-state index is -0.739. The predicted molar refractivity (Wildman–Crippen MR) is 113 cm³/mol. The third-order valence-electron chi connectivity index (χ3n) is 4.98. The smallest absolute Gasteiger partial charge is 0.295 e. The molecule has 0 aromatic heterocycles. The number of aliphatic hydroxyl groups excluding tert-OH is 1. The minimum Gasteiger partial charge on any atom is -0.508 e. The van der Waals surface area contributed by atoms with E-state index >= 15 is 0 Å². The molecule has 3 rings (SSSR count). The fourth-order valence-corrected chi connectivity index (χ4v) is 3.45. The molecule has 158 valence electrons. The Balaban J connectivity index is 2.08. The minimum absolute atomic E-state index is 0.0357. The van der Waals surface area contributed by atoms with Crippen LogP contribution in [0.5, 0.6) is 11.5 Å². The molecule has 0 aliphatic carbocycles. The van der Waals surface area contributed by atoms with Gasteiger partial charge in [-0.2, -0.15) is 0 Å². The van der Waals surface area contributed by atoms with Gasteiger partial charge in [0.1, 0.15) is 17.3 Å². The lowest BCUT2D eigenvalue weighted by molar-refractivity contribution is -0.140. The van der Waals surface area contributed by atoms with Gasteiger partial charge in [-0.05, 0) is 63.0 Å². The number of amides is 1. The molecule has 2 N–H and O–H groups in total. The lowest BCUT2D eigenvalue weighted by Crippen LogP contribution is -2.35. The van der Waals surface area contributed by atoms with Gasteiger partial charge in [0.25, 0.3) is 11.7 Å². The largest absolute Gasteiger partial charge is 0.508 e. The molecule has 2 aromatic carbocycles. The highest BCUT2D eigenvalue weighted by Crippen LogP contribution is 2.39. The maximum absolute atomic E-state index is 12.9. The van der Waals surface area contributed by atoms with Crippen LogP contribution in [0.4, 0.5) is 0 Å². The van der Waals surface area contributed by atoms with E-state index in [0.29, 0.717) is 36.6 Å². The first kappa shape index (κ1) is 21.4. The van der Waals surface area contributed by atoms with E-state index in [9.17, 15) is 19.8 Å². The Morgan fingerprint density at radius 1 is 1.07 bits per heavy atom. The van der Waals surface area contributed by atoms with E-state index in [1.54, 1.807) is 36.4 Å². The summed E-state index contributed by atoms with van der Waals surface area (Å²) < 4.78 is 5.42. The van der Waals surface area contributed by atoms with Crippen LogP contribution in [0, 0.1) is 0 Å². The van der Waals surface area contributed by atoms with Crippen LogP contribution in [0.15, 0.2) is 54.1 Å². The van der Waals surface area contributed by atoms with Gasteiger partial charge in [-0.3, -0.25) is 9.59 Å². The second-order valence-electron chi connectivity index (χ2n) is 7.34. The van der Waals surface area contributed by atoms with Crippen molar-refractivity contribution in [1.82, 2.24) is 9.80 Å². The highest BCUT2D eigenvalue weighted by molar-refractivity contribution is 6.46. The van der Waals surface area contributed by atoms with Gasteiger partial charge in [0.2, 0.25) is 0 Å². The molecule has 1 aliphatic heterocycles. The van der Waals surface area contributed by atoms with Crippen LogP contribution < -0.4 is 4.74 Å². The molecule has 0 saturated carbocycles. The van der Waals surface area contributed by atoms with Crippen molar-refractivity contribution in [3.63, 3.8) is 0 Å². The fraction of sp³-hybridized carbons (Fsp3) is 0.304. The average Bonchev–Trinajstić information content (AvgIpc) is 2.98. The molecule has 30 heavy (non-hydrogen) atoms. The summed E-state index contributed by atoms with van der Waals surface area (Å²) in [4.78, 5) is 29.1. The van der Waals surface area contributed by atoms with E-state index in [2.05, 4.69) is 0 Å². The molecule has 7 nitrogen and oxygen atoms in total. The average molecular weight is 410 g/mol. The quantitative estimate of drug-likeness (QED) is 0.414. The monoisotopic (exact) mass is 410 g/mol. The number of hydrogen-bond acceptors (Lipinski definition) is 6. The molecule has 1 saturated heterocycles. The Bertz CT molecular complexity index is 949. The molecule has 7 heteroatoms. The third-order valence-corrected chi connectivity index (χ3v) is 4.98. The first-order chi connectivity index (χ1) is 14.3. The fourth-order valence-electron chi connectivity index (χ4n) is 3.45. The molecule has 0 bridgehead atoms. The highest BCUT2D eigenvalue weighted by Gasteiger charge is 2.45. The third kappa shape index (κ3) is 4.31. The zero-order valence-electron chi connectivity index (χ0n) is 17.3. The standard InChI is InChI=1S/C23H26N2O5/c1-4-30-18-11-7-16(8-12-18)21(27)19-20(15-5-9-17(26)10-6-15)25(14-13-24(2)3)23(29)22(19)28/h5-12,20,26-27H,4,13-14H2,1-3H3/b21-19-. The summed E-state index contributed by atoms with van der Waals surface area (Å²) in [5.41, 5.74) is 1.10. The molecule has 1 heterocycles. The number of phenols is 1. The molecular weight excluding hydrogens is 384 g/mol. The summed E-state index contributed by atoms with van der Waals surface area (Å²) in [7, 11) is 3.76. The zero-order valence-corrected chi connectivity index (χ0v) is 17.3. The number of ketones is 1. The first-order valence-electron chi connectivity index (χ1n) is 9.78. The Kier molecular flexibility index (Phi) is 6.42. The van der Waals surface area contributed by atoms with Gasteiger partial charge >= 0.3 is 0 Å². The molecule has 1 unspecified atom stereocenters. The summed E-state index contributed by atoms with van der Waals surface area (Å²) in [6, 6.07) is 12.3. The topological polar surface area (TPSA) is 90.3 Å². The summed E-state index contributed by atoms with van der Waals surface area (Å²) in [5, 5.41) is 20.6. The molecule has 1 fully saturated rings. The van der Waals surface area contributed by atoms with Gasteiger partial charge in [-0.15, -0.1) is 0 Å². The Hall–Kier alpha value is -3.32. The number of hydrogen-bond donors (Lipinski definition) is 2. The van der Waals surface area contributed by atoms with E-state index in [-0.39, 0.29) is 17.1 Å². The Morgan fingerprint density at radius 3 is 2.27 bits per heavy atom. The second kappa shape index (κ2) is 9.00. The van der Waals surface area contributed by atoms with Crippen molar-refractivity contribution in [2.75, 3.05) is 33.8 Å². The molecule has 0 spiro atoms. The first-order valence-corrected chi connectivity index (χ1v) is 9.78. The summed E-state index contributed by atoms with van der Waals surface area (Å²) in [5.74, 6) is -0.881. The van der Waals surface area contributed by atoms with E-state index in [1.807, 2.05) is 25.9 Å². The van der Waals surface area contributed by atoms with Crippen molar-refractivity contribution in [3.8, 4) is 11.5 Å². The number of aliphatic hydroxyl groups is 1. The number of carbonyl (C=O) groups is 2. The van der Waals surface area contributed by atoms with Gasteiger partial charge in [-0.1, -0.05) is 12.1 Å². The van der Waals surface area contributed by atoms with Crippen LogP contribution in [0.3, 0.4) is 0 Å². The lowest BCUT2D eigenvalue weighted by atomic mass is 9.95. The van der Waals surface area contributed by atoms with Crippen LogP contribution in [0.1, 0.15) is 24.1 Å². The van der Waals surface area contributed by atoms with Gasteiger partial charge in [0.15, 0.2) is 0 Å². The van der Waals surface area contributed by atoms with Gasteiger partial charge in [0.05, 0.1) is 18.2 Å². The van der Waals surface area contributed by atoms with E-state index in [0.717, 1.165) is 0 Å². The lowest BCUT2D eigenvalue weighted by Gasteiger charge is -2.26. The SMILES string of the molecule is CCOc1ccc(/C(O)=C2/C(=O)C(=O)N(CCN(C)C)C2c2ccc(O)cc2)cc1. The van der Waals surface area contributed by atoms with Crippen molar-refractivity contribution in [2.24, 2.45) is 0 Å². The number of likely N-dealkylation sites (tertiary alicyclic amines) is 1. The molecule has 1 atom stereocenters. The van der Waals surface area contributed by atoms with Crippen molar-refractivity contribution < 1.29 is 24.5 Å². The number of aromatic hydroxyl groups is 1. The normalized spacial score (nSPS) is 18.3. The number of ether oxygens (including phenoxy) is 1. The van der Waals surface area contributed by atoms with E-state index in [1.165, 1.54) is 17.0 Å². The van der Waals surface area contributed by atoms with Gasteiger partial charge < -0.3 is 24.7 Å². The van der Waals surface area contributed by atoms with Gasteiger partial charge in [0, 0.05) is 18.7 Å². The van der Waals surface area contributed by atoms with Crippen molar-refractivity contribution in [2.45, 2.75) is 13.0 Å². The number of rotatable bonds is 7. The van der Waals surface area contributed by atoms with Crippen LogP contribution in [-0.2, 0) is 9.59 Å². The van der Waals surface area contributed by atoms with Crippen molar-refractivity contribution in [3.05, 3.63) is 65.2 Å². The number of carbonyl (C=O) groups excluding carboxylic acids is 2.